The molecule has 4 saturated carbocycles. The molecule has 0 radical (unpaired) electrons. The second-order valence-corrected chi connectivity index (χ2v) is 13.0. The average molecular weight is 517 g/mol. The first-order valence-corrected chi connectivity index (χ1v) is 13.1. The fourth-order valence-electron chi connectivity index (χ4n) is 6.02. The molecule has 2 bridgehead atoms. The van der Waals surface area contributed by atoms with Gasteiger partial charge in [-0.2, -0.15) is 5.10 Å². The lowest BCUT2D eigenvalue weighted by atomic mass is 9.41. The van der Waals surface area contributed by atoms with Gasteiger partial charge in [0, 0.05) is 41.6 Å². The van der Waals surface area contributed by atoms with Crippen LogP contribution in [0.15, 0.2) is 29.2 Å². The van der Waals surface area contributed by atoms with E-state index in [4.69, 9.17) is 4.78 Å². The first-order valence-electron chi connectivity index (χ1n) is 11.2. The average Bonchev–Trinajstić information content (AvgIpc) is 3.01. The minimum atomic E-state index is -3.09. The molecule has 6 nitrogen and oxygen atoms in total. The molecule has 1 aromatic carbocycles. The maximum atomic E-state index is 14.4. The Hall–Kier alpha value is -2.50. The van der Waals surface area contributed by atoms with Gasteiger partial charge in [-0.25, -0.2) is 30.9 Å². The van der Waals surface area contributed by atoms with Crippen LogP contribution in [0.3, 0.4) is 0 Å². The van der Waals surface area contributed by atoms with E-state index in [1.807, 2.05) is 0 Å². The van der Waals surface area contributed by atoms with E-state index < -0.39 is 68.6 Å². The molecule has 0 aliphatic heterocycles. The zero-order valence-electron chi connectivity index (χ0n) is 19.1. The highest BCUT2D eigenvalue weighted by Crippen LogP contribution is 2.70. The zero-order valence-corrected chi connectivity index (χ0v) is 20.0. The summed E-state index contributed by atoms with van der Waals surface area (Å²) in [6, 6.07) is 5.70. The van der Waals surface area contributed by atoms with Crippen molar-refractivity contribution in [3.63, 3.8) is 0 Å². The number of halogens is 5. The zero-order chi connectivity index (χ0) is 25.6. The molecule has 190 valence electrons. The summed E-state index contributed by atoms with van der Waals surface area (Å²) in [6.07, 6.45) is -2.67. The normalized spacial score (nSPS) is 29.5. The Morgan fingerprint density at radius 3 is 2.34 bits per heavy atom. The number of hydrogen-bond donors (Lipinski definition) is 2. The molecule has 35 heavy (non-hydrogen) atoms. The van der Waals surface area contributed by atoms with Gasteiger partial charge in [0.2, 0.25) is 5.92 Å². The summed E-state index contributed by atoms with van der Waals surface area (Å²) >= 11 is 0. The summed E-state index contributed by atoms with van der Waals surface area (Å²) in [5, 5.41) is 6.82. The Balaban J connectivity index is 1.54. The molecule has 0 spiro atoms. The van der Waals surface area contributed by atoms with Crippen LogP contribution in [0.2, 0.25) is 0 Å². The van der Waals surface area contributed by atoms with Crippen molar-refractivity contribution in [1.82, 2.24) is 9.78 Å². The van der Waals surface area contributed by atoms with E-state index in [9.17, 15) is 31.0 Å². The quantitative estimate of drug-likeness (QED) is 0.464. The van der Waals surface area contributed by atoms with E-state index in [-0.39, 0.29) is 42.1 Å². The number of anilines is 1. The first-order chi connectivity index (χ1) is 16.0. The molecule has 2 aromatic rings. The summed E-state index contributed by atoms with van der Waals surface area (Å²) in [5.74, 6) is -3.79. The monoisotopic (exact) mass is 516 g/mol. The van der Waals surface area contributed by atoms with E-state index in [1.54, 1.807) is 6.92 Å². The van der Waals surface area contributed by atoms with Crippen molar-refractivity contribution < 1.29 is 31.0 Å². The second kappa shape index (κ2) is 7.27. The van der Waals surface area contributed by atoms with Crippen molar-refractivity contribution in [2.45, 2.75) is 73.9 Å². The number of nitrogens with zero attached hydrogens (tertiary/aromatic N) is 2. The van der Waals surface area contributed by atoms with Crippen molar-refractivity contribution in [2.75, 3.05) is 11.6 Å². The lowest BCUT2D eigenvalue weighted by molar-refractivity contribution is -0.164. The molecular weight excluding hydrogens is 491 g/mol. The van der Waals surface area contributed by atoms with Gasteiger partial charge in [-0.3, -0.25) is 9.48 Å². The topological polar surface area (TPSA) is 87.8 Å². The Labute approximate surface area is 199 Å². The van der Waals surface area contributed by atoms with Gasteiger partial charge in [0.1, 0.15) is 11.4 Å². The number of benzene rings is 1. The van der Waals surface area contributed by atoms with Crippen molar-refractivity contribution in [3.8, 4) is 0 Å². The minimum absolute atomic E-state index is 0.0386. The smallest absolute Gasteiger partial charge is 0.274 e. The van der Waals surface area contributed by atoms with E-state index in [2.05, 4.69) is 10.4 Å². The SMILES string of the molecule is CC1(Cn2nc(C34CC(F)(C3)C4)c(C(F)F)c2C(=O)Nc2cccc([S@@](C)(=N)=O)c2)CC(F)(F)C1. The fourth-order valence-corrected chi connectivity index (χ4v) is 6.71. The summed E-state index contributed by atoms with van der Waals surface area (Å²) in [5.41, 5.74) is -4.16. The van der Waals surface area contributed by atoms with Crippen molar-refractivity contribution in [1.29, 1.82) is 4.78 Å². The number of aromatic nitrogens is 2. The number of rotatable bonds is 7. The molecular formula is C23H25F5N4O2S. The summed E-state index contributed by atoms with van der Waals surface area (Å²) in [4.78, 5) is 13.5. The summed E-state index contributed by atoms with van der Waals surface area (Å²) in [6.45, 7) is 1.42. The molecule has 4 fully saturated rings. The number of hydrogen-bond acceptors (Lipinski definition) is 4. The van der Waals surface area contributed by atoms with Crippen LogP contribution in [0, 0.1) is 10.2 Å². The van der Waals surface area contributed by atoms with Crippen LogP contribution >= 0.6 is 0 Å². The molecule has 1 aromatic heterocycles. The fraction of sp³-hybridized carbons (Fsp3) is 0.565. The number of carbonyl (C=O) groups is 1. The highest BCUT2D eigenvalue weighted by Gasteiger charge is 2.71. The molecule has 1 atom stereocenters. The molecule has 4 aliphatic carbocycles. The Morgan fingerprint density at radius 2 is 1.83 bits per heavy atom. The van der Waals surface area contributed by atoms with Gasteiger partial charge in [0.15, 0.2) is 0 Å². The Kier molecular flexibility index (Phi) is 5.03. The maximum absolute atomic E-state index is 14.4. The Bertz CT molecular complexity index is 1310. The van der Waals surface area contributed by atoms with E-state index in [1.165, 1.54) is 30.5 Å². The predicted octanol–water partition coefficient (Wildman–Crippen LogP) is 5.69. The van der Waals surface area contributed by atoms with Crippen LogP contribution < -0.4 is 5.32 Å². The van der Waals surface area contributed by atoms with Gasteiger partial charge in [0.25, 0.3) is 12.3 Å². The third kappa shape index (κ3) is 4.03. The van der Waals surface area contributed by atoms with Crippen LogP contribution in [-0.4, -0.2) is 37.7 Å². The van der Waals surface area contributed by atoms with Crippen LogP contribution in [0.25, 0.3) is 0 Å². The number of nitrogens with one attached hydrogen (secondary N) is 2. The van der Waals surface area contributed by atoms with Gasteiger partial charge in [-0.15, -0.1) is 0 Å². The summed E-state index contributed by atoms with van der Waals surface area (Å²) < 4.78 is 91.1. The van der Waals surface area contributed by atoms with E-state index >= 15 is 0 Å². The molecule has 0 unspecified atom stereocenters. The number of alkyl halides is 5. The summed E-state index contributed by atoms with van der Waals surface area (Å²) in [7, 11) is -3.09. The van der Waals surface area contributed by atoms with E-state index in [0.29, 0.717) is 0 Å². The second-order valence-electron chi connectivity index (χ2n) is 10.9. The number of carbonyl (C=O) groups excluding carboxylic acids is 1. The molecule has 1 heterocycles. The van der Waals surface area contributed by atoms with Gasteiger partial charge in [-0.1, -0.05) is 13.0 Å². The van der Waals surface area contributed by atoms with Gasteiger partial charge in [-0.05, 0) is 42.9 Å². The molecule has 6 rings (SSSR count). The first kappa shape index (κ1) is 24.2. The molecule has 2 N–H and O–H groups in total. The standard InChI is InChI=1S/C23H25F5N4O2S/c1-20(7-23(27,28)8-20)12-32-16(19(33)30-13-4-3-5-14(6-13)35(2,29)34)15(18(24)25)17(31-32)21-9-22(26,10-21)11-21/h3-6,18,29H,7-12H2,1-2H3,(H,30,33)/t21?,22?,35-/m0/s1. The molecule has 1 amide bonds. The third-order valence-electron chi connectivity index (χ3n) is 7.33. The van der Waals surface area contributed by atoms with Crippen LogP contribution in [0.1, 0.15) is 67.2 Å². The third-order valence-corrected chi connectivity index (χ3v) is 8.49. The van der Waals surface area contributed by atoms with Crippen LogP contribution in [0.5, 0.6) is 0 Å². The van der Waals surface area contributed by atoms with Crippen LogP contribution in [-0.2, 0) is 21.7 Å². The van der Waals surface area contributed by atoms with Crippen molar-refractivity contribution in [2.24, 2.45) is 5.41 Å². The van der Waals surface area contributed by atoms with Crippen LogP contribution in [0.4, 0.5) is 27.6 Å². The number of amides is 1. The molecule has 4 aliphatic rings. The highest BCUT2D eigenvalue weighted by atomic mass is 32.2. The van der Waals surface area contributed by atoms with Gasteiger partial charge in [0.05, 0.1) is 21.0 Å². The predicted molar refractivity (Wildman–Crippen MR) is 118 cm³/mol. The van der Waals surface area contributed by atoms with Gasteiger partial charge >= 0.3 is 0 Å². The van der Waals surface area contributed by atoms with E-state index in [0.717, 1.165) is 4.68 Å². The maximum Gasteiger partial charge on any atom is 0.274 e. The van der Waals surface area contributed by atoms with Gasteiger partial charge < -0.3 is 5.32 Å². The Morgan fingerprint density at radius 1 is 1.20 bits per heavy atom. The lowest BCUT2D eigenvalue weighted by Crippen LogP contribution is -2.67. The largest absolute Gasteiger partial charge is 0.321 e. The molecule has 12 heteroatoms. The highest BCUT2D eigenvalue weighted by molar-refractivity contribution is 7.91. The van der Waals surface area contributed by atoms with Crippen molar-refractivity contribution >= 4 is 21.3 Å². The van der Waals surface area contributed by atoms with Crippen molar-refractivity contribution in [3.05, 3.63) is 41.2 Å². The minimum Gasteiger partial charge on any atom is -0.321 e. The lowest BCUT2D eigenvalue weighted by Gasteiger charge is -2.65. The molecule has 0 saturated heterocycles.